The van der Waals surface area contributed by atoms with Gasteiger partial charge < -0.3 is 20.7 Å². The summed E-state index contributed by atoms with van der Waals surface area (Å²) < 4.78 is 5.09. The first kappa shape index (κ1) is 19.2. The zero-order valence-corrected chi connectivity index (χ0v) is 13.9. The average Bonchev–Trinajstić information content (AvgIpc) is 2.61. The van der Waals surface area contributed by atoms with Gasteiger partial charge in [0, 0.05) is 12.7 Å². The van der Waals surface area contributed by atoms with Crippen molar-refractivity contribution in [2.75, 3.05) is 20.2 Å². The lowest BCUT2D eigenvalue weighted by molar-refractivity contribution is -0.117. The molecule has 0 heterocycles. The molecule has 3 N–H and O–H groups in total. The monoisotopic (exact) mass is 330 g/mol. The van der Waals surface area contributed by atoms with E-state index in [0.29, 0.717) is 25.9 Å². The van der Waals surface area contributed by atoms with Crippen LogP contribution in [0, 0.1) is 11.3 Å². The summed E-state index contributed by atoms with van der Waals surface area (Å²) in [6, 6.07) is 8.77. The third kappa shape index (κ3) is 5.74. The molecule has 0 aliphatic heterocycles. The van der Waals surface area contributed by atoms with Gasteiger partial charge in [0.15, 0.2) is 0 Å². The van der Waals surface area contributed by atoms with E-state index >= 15 is 0 Å². The van der Waals surface area contributed by atoms with Crippen LogP contribution >= 0.6 is 0 Å². The molecular formula is C17H22N4O3. The summed E-state index contributed by atoms with van der Waals surface area (Å²) in [5.41, 5.74) is 6.12. The van der Waals surface area contributed by atoms with Crippen LogP contribution in [0.15, 0.2) is 36.0 Å². The highest BCUT2D eigenvalue weighted by Crippen LogP contribution is 2.17. The Morgan fingerprint density at radius 1 is 1.46 bits per heavy atom. The van der Waals surface area contributed by atoms with Crippen molar-refractivity contribution >= 4 is 12.3 Å². The van der Waals surface area contributed by atoms with Crippen LogP contribution in [0.4, 0.5) is 0 Å². The van der Waals surface area contributed by atoms with Gasteiger partial charge in [-0.25, -0.2) is 0 Å². The Morgan fingerprint density at radius 3 is 2.62 bits per heavy atom. The van der Waals surface area contributed by atoms with Crippen LogP contribution in [0.25, 0.3) is 0 Å². The summed E-state index contributed by atoms with van der Waals surface area (Å²) in [6.07, 6.45) is 2.38. The third-order valence-electron chi connectivity index (χ3n) is 3.38. The van der Waals surface area contributed by atoms with E-state index in [2.05, 4.69) is 5.32 Å². The second-order valence-electron chi connectivity index (χ2n) is 5.11. The molecule has 1 aromatic carbocycles. The summed E-state index contributed by atoms with van der Waals surface area (Å²) >= 11 is 0. The van der Waals surface area contributed by atoms with E-state index in [1.54, 1.807) is 26.2 Å². The molecule has 0 fully saturated rings. The highest BCUT2D eigenvalue weighted by molar-refractivity contribution is 5.97. The van der Waals surface area contributed by atoms with Gasteiger partial charge in [-0.05, 0) is 37.6 Å². The Bertz CT molecular complexity index is 620. The minimum atomic E-state index is -0.541. The van der Waals surface area contributed by atoms with Crippen molar-refractivity contribution in [1.29, 1.82) is 5.26 Å². The zero-order valence-electron chi connectivity index (χ0n) is 13.9. The standard InChI is InChI=1S/C17H22N4O3/c1-13(14-4-6-16(24-2)7-5-14)20-17(23)15(10-19)11-21(12-22)9-3-8-18/h4-7,11-13H,3,8-9,18H2,1-2H3,(H,20,23)/b15-11-. The summed E-state index contributed by atoms with van der Waals surface area (Å²) in [7, 11) is 1.58. The van der Waals surface area contributed by atoms with Crippen molar-refractivity contribution in [2.45, 2.75) is 19.4 Å². The maximum absolute atomic E-state index is 12.2. The number of carbonyl (C=O) groups excluding carboxylic acids is 2. The number of nitrogens with two attached hydrogens (primary N) is 1. The van der Waals surface area contributed by atoms with E-state index in [-0.39, 0.29) is 11.6 Å². The van der Waals surface area contributed by atoms with Crippen molar-refractivity contribution < 1.29 is 14.3 Å². The number of hydrogen-bond acceptors (Lipinski definition) is 5. The molecule has 1 atom stereocenters. The number of nitrogens with one attached hydrogen (secondary N) is 1. The van der Waals surface area contributed by atoms with Gasteiger partial charge >= 0.3 is 0 Å². The number of hydrogen-bond donors (Lipinski definition) is 2. The van der Waals surface area contributed by atoms with Gasteiger partial charge in [0.05, 0.1) is 13.2 Å². The maximum Gasteiger partial charge on any atom is 0.263 e. The van der Waals surface area contributed by atoms with Crippen LogP contribution in [-0.2, 0) is 9.59 Å². The predicted molar refractivity (Wildman–Crippen MR) is 89.7 cm³/mol. The van der Waals surface area contributed by atoms with E-state index in [1.807, 2.05) is 18.2 Å². The molecule has 0 bridgehead atoms. The number of amides is 2. The normalized spacial score (nSPS) is 12.0. The molecule has 24 heavy (non-hydrogen) atoms. The van der Waals surface area contributed by atoms with E-state index in [1.165, 1.54) is 11.1 Å². The Kier molecular flexibility index (Phi) is 8.02. The first-order valence-corrected chi connectivity index (χ1v) is 7.53. The molecule has 1 rings (SSSR count). The fraction of sp³-hybridized carbons (Fsp3) is 0.353. The van der Waals surface area contributed by atoms with Gasteiger partial charge in [-0.3, -0.25) is 9.59 Å². The topological polar surface area (TPSA) is 108 Å². The van der Waals surface area contributed by atoms with Crippen molar-refractivity contribution in [2.24, 2.45) is 5.73 Å². The lowest BCUT2D eigenvalue weighted by Gasteiger charge is -2.16. The number of nitriles is 1. The van der Waals surface area contributed by atoms with Crippen molar-refractivity contribution in [3.05, 3.63) is 41.6 Å². The molecule has 128 valence electrons. The van der Waals surface area contributed by atoms with Crippen LogP contribution in [0.5, 0.6) is 5.75 Å². The Morgan fingerprint density at radius 2 is 2.12 bits per heavy atom. The van der Waals surface area contributed by atoms with E-state index in [4.69, 9.17) is 15.7 Å². The first-order valence-electron chi connectivity index (χ1n) is 7.53. The Balaban J connectivity index is 2.78. The molecule has 7 nitrogen and oxygen atoms in total. The molecule has 2 amide bonds. The van der Waals surface area contributed by atoms with Gasteiger partial charge in [-0.15, -0.1) is 0 Å². The summed E-state index contributed by atoms with van der Waals surface area (Å²) in [5.74, 6) is 0.178. The van der Waals surface area contributed by atoms with Crippen LogP contribution in [0.1, 0.15) is 24.9 Å². The third-order valence-corrected chi connectivity index (χ3v) is 3.38. The summed E-state index contributed by atoms with van der Waals surface area (Å²) in [6.45, 7) is 2.58. The second kappa shape index (κ2) is 10.0. The summed E-state index contributed by atoms with van der Waals surface area (Å²) in [4.78, 5) is 24.4. The zero-order chi connectivity index (χ0) is 17.9. The van der Waals surface area contributed by atoms with Crippen molar-refractivity contribution in [3.63, 3.8) is 0 Å². The van der Waals surface area contributed by atoms with Crippen molar-refractivity contribution in [3.8, 4) is 11.8 Å². The fourth-order valence-electron chi connectivity index (χ4n) is 1.98. The van der Waals surface area contributed by atoms with Crippen LogP contribution in [0.2, 0.25) is 0 Å². The first-order chi connectivity index (χ1) is 11.5. The number of nitrogens with zero attached hydrogens (tertiary/aromatic N) is 2. The van der Waals surface area contributed by atoms with E-state index in [0.717, 1.165) is 11.3 Å². The number of benzene rings is 1. The number of carbonyl (C=O) groups is 2. The molecule has 0 aliphatic carbocycles. The lowest BCUT2D eigenvalue weighted by atomic mass is 10.1. The van der Waals surface area contributed by atoms with Crippen LogP contribution in [-0.4, -0.2) is 37.4 Å². The van der Waals surface area contributed by atoms with Crippen LogP contribution in [0.3, 0.4) is 0 Å². The minimum absolute atomic E-state index is 0.139. The average molecular weight is 330 g/mol. The molecule has 0 spiro atoms. The molecule has 0 saturated carbocycles. The molecule has 1 unspecified atom stereocenters. The second-order valence-corrected chi connectivity index (χ2v) is 5.11. The van der Waals surface area contributed by atoms with Gasteiger partial charge in [-0.2, -0.15) is 5.26 Å². The summed E-state index contributed by atoms with van der Waals surface area (Å²) in [5, 5.41) is 11.9. The fourth-order valence-corrected chi connectivity index (χ4v) is 1.98. The number of ether oxygens (including phenoxy) is 1. The number of methoxy groups -OCH3 is 1. The molecule has 7 heteroatoms. The lowest BCUT2D eigenvalue weighted by Crippen LogP contribution is -2.29. The van der Waals surface area contributed by atoms with E-state index < -0.39 is 5.91 Å². The number of rotatable bonds is 9. The maximum atomic E-state index is 12.2. The Labute approximate surface area is 141 Å². The van der Waals surface area contributed by atoms with Crippen molar-refractivity contribution in [1.82, 2.24) is 10.2 Å². The minimum Gasteiger partial charge on any atom is -0.497 e. The Hall–Kier alpha value is -2.85. The highest BCUT2D eigenvalue weighted by atomic mass is 16.5. The molecule has 1 aromatic rings. The molecule has 0 saturated heterocycles. The molecule has 0 radical (unpaired) electrons. The molecule has 0 aliphatic rings. The van der Waals surface area contributed by atoms with Gasteiger partial charge in [0.1, 0.15) is 17.4 Å². The largest absolute Gasteiger partial charge is 0.497 e. The highest BCUT2D eigenvalue weighted by Gasteiger charge is 2.15. The molecular weight excluding hydrogens is 308 g/mol. The smallest absolute Gasteiger partial charge is 0.263 e. The van der Waals surface area contributed by atoms with Gasteiger partial charge in [-0.1, -0.05) is 12.1 Å². The predicted octanol–water partition coefficient (Wildman–Crippen LogP) is 1.09. The van der Waals surface area contributed by atoms with Gasteiger partial charge in [0.25, 0.3) is 5.91 Å². The van der Waals surface area contributed by atoms with Crippen LogP contribution < -0.4 is 15.8 Å². The van der Waals surface area contributed by atoms with Gasteiger partial charge in [0.2, 0.25) is 6.41 Å². The quantitative estimate of drug-likeness (QED) is 0.400. The SMILES string of the molecule is COc1ccc(C(C)NC(=O)/C(C#N)=C\N(C=O)CCCN)cc1. The molecule has 0 aromatic heterocycles. The van der Waals surface area contributed by atoms with E-state index in [9.17, 15) is 9.59 Å².